The van der Waals surface area contributed by atoms with Crippen molar-refractivity contribution >= 4 is 56.4 Å². The lowest BCUT2D eigenvalue weighted by molar-refractivity contribution is -0.136. The van der Waals surface area contributed by atoms with Crippen LogP contribution in [0.3, 0.4) is 0 Å². The lowest BCUT2D eigenvalue weighted by Gasteiger charge is -2.18. The van der Waals surface area contributed by atoms with E-state index < -0.39 is 19.8 Å². The standard InChI is InChI=1S/C31H24F3NSi/c1-36(2,3)22-9-11-23-20(17-22)8-10-26-25(23)12-13-28-27(26)14-15-35-30(28)21-16-19-6-4-5-7-24(19)29(18-21)31(32,33)34/h4-18H,1-3H3. The molecule has 0 saturated carbocycles. The molecule has 0 amide bonds. The molecule has 5 heteroatoms. The van der Waals surface area contributed by atoms with E-state index >= 15 is 0 Å². The number of halogens is 3. The molecule has 0 bridgehead atoms. The van der Waals surface area contributed by atoms with Gasteiger partial charge in [-0.15, -0.1) is 0 Å². The molecule has 1 aromatic heterocycles. The molecule has 1 nitrogen and oxygen atoms in total. The molecule has 0 fully saturated rings. The van der Waals surface area contributed by atoms with E-state index in [4.69, 9.17) is 0 Å². The first-order valence-corrected chi connectivity index (χ1v) is 15.5. The third-order valence-electron chi connectivity index (χ3n) is 7.07. The van der Waals surface area contributed by atoms with E-state index in [-0.39, 0.29) is 5.39 Å². The molecule has 6 aromatic rings. The van der Waals surface area contributed by atoms with Crippen molar-refractivity contribution in [2.45, 2.75) is 25.8 Å². The molecule has 5 aromatic carbocycles. The molecular formula is C31H24F3NSi. The van der Waals surface area contributed by atoms with Crippen LogP contribution in [-0.4, -0.2) is 13.1 Å². The number of aromatic nitrogens is 1. The van der Waals surface area contributed by atoms with E-state index in [2.05, 4.69) is 61.0 Å². The normalized spacial score (nSPS) is 12.7. The molecule has 6 rings (SSSR count). The average molecular weight is 496 g/mol. The number of alkyl halides is 3. The highest BCUT2D eigenvalue weighted by molar-refractivity contribution is 6.88. The minimum atomic E-state index is -4.46. The minimum absolute atomic E-state index is 0.198. The highest BCUT2D eigenvalue weighted by Crippen LogP contribution is 2.40. The van der Waals surface area contributed by atoms with Gasteiger partial charge in [0.2, 0.25) is 0 Å². The van der Waals surface area contributed by atoms with Crippen LogP contribution in [0, 0.1) is 0 Å². The molecule has 1 heterocycles. The SMILES string of the molecule is C[Si](C)(C)c1ccc2c(ccc3c4ccnc(-c5cc(C(F)(F)F)c6ccccc6c5)c4ccc23)c1. The van der Waals surface area contributed by atoms with Gasteiger partial charge in [-0.25, -0.2) is 0 Å². The van der Waals surface area contributed by atoms with Crippen molar-refractivity contribution in [3.8, 4) is 11.3 Å². The zero-order valence-corrected chi connectivity index (χ0v) is 21.2. The second kappa shape index (κ2) is 7.90. The predicted molar refractivity (Wildman–Crippen MR) is 148 cm³/mol. The Balaban J connectivity index is 1.61. The lowest BCUT2D eigenvalue weighted by atomic mass is 9.93. The van der Waals surface area contributed by atoms with Crippen LogP contribution in [0.15, 0.2) is 91.1 Å². The van der Waals surface area contributed by atoms with Crippen LogP contribution in [0.25, 0.3) is 54.3 Å². The second-order valence-corrected chi connectivity index (χ2v) is 15.5. The number of nitrogens with zero attached hydrogens (tertiary/aromatic N) is 1. The van der Waals surface area contributed by atoms with Crippen molar-refractivity contribution in [2.75, 3.05) is 0 Å². The molecule has 0 atom stereocenters. The summed E-state index contributed by atoms with van der Waals surface area (Å²) in [4.78, 5) is 4.55. The third-order valence-corrected chi connectivity index (χ3v) is 9.11. The zero-order chi connectivity index (χ0) is 25.2. The number of hydrogen-bond acceptors (Lipinski definition) is 1. The quantitative estimate of drug-likeness (QED) is 0.173. The second-order valence-electron chi connectivity index (χ2n) is 10.4. The highest BCUT2D eigenvalue weighted by Gasteiger charge is 2.33. The molecule has 0 aliphatic carbocycles. The summed E-state index contributed by atoms with van der Waals surface area (Å²) in [5.74, 6) is 0. The first-order chi connectivity index (χ1) is 17.1. The van der Waals surface area contributed by atoms with Crippen molar-refractivity contribution in [1.29, 1.82) is 0 Å². The Bertz CT molecular complexity index is 1810. The number of fused-ring (bicyclic) bond motifs is 6. The molecule has 36 heavy (non-hydrogen) atoms. The number of benzene rings is 5. The van der Waals surface area contributed by atoms with Gasteiger partial charge in [0, 0.05) is 17.1 Å². The molecule has 0 aliphatic rings. The lowest BCUT2D eigenvalue weighted by Crippen LogP contribution is -2.37. The fourth-order valence-electron chi connectivity index (χ4n) is 5.19. The van der Waals surface area contributed by atoms with Crippen molar-refractivity contribution in [3.05, 3.63) is 96.7 Å². The average Bonchev–Trinajstić information content (AvgIpc) is 2.85. The summed E-state index contributed by atoms with van der Waals surface area (Å²) >= 11 is 0. The van der Waals surface area contributed by atoms with Crippen LogP contribution in [0.5, 0.6) is 0 Å². The fraction of sp³-hybridized carbons (Fsp3) is 0.129. The van der Waals surface area contributed by atoms with Crippen LogP contribution in [0.1, 0.15) is 5.56 Å². The summed E-state index contributed by atoms with van der Waals surface area (Å²) in [6.45, 7) is 7.02. The van der Waals surface area contributed by atoms with Crippen molar-refractivity contribution in [3.63, 3.8) is 0 Å². The van der Waals surface area contributed by atoms with Crippen molar-refractivity contribution < 1.29 is 13.2 Å². The maximum Gasteiger partial charge on any atom is 0.417 e. The van der Waals surface area contributed by atoms with Crippen LogP contribution in [0.2, 0.25) is 19.6 Å². The van der Waals surface area contributed by atoms with Crippen LogP contribution in [-0.2, 0) is 6.18 Å². The fourth-order valence-corrected chi connectivity index (χ4v) is 6.36. The molecule has 0 radical (unpaired) electrons. The molecule has 0 aliphatic heterocycles. The van der Waals surface area contributed by atoms with Gasteiger partial charge in [-0.2, -0.15) is 13.2 Å². The van der Waals surface area contributed by atoms with Crippen LogP contribution in [0.4, 0.5) is 13.2 Å². The Morgan fingerprint density at radius 3 is 2.03 bits per heavy atom. The summed E-state index contributed by atoms with van der Waals surface area (Å²) < 4.78 is 41.9. The maximum atomic E-state index is 14.0. The summed E-state index contributed by atoms with van der Waals surface area (Å²) in [6, 6.07) is 26.7. The largest absolute Gasteiger partial charge is 0.417 e. The molecule has 0 N–H and O–H groups in total. The van der Waals surface area contributed by atoms with E-state index in [1.165, 1.54) is 28.1 Å². The first-order valence-electron chi connectivity index (χ1n) is 12.0. The van der Waals surface area contributed by atoms with E-state index in [0.29, 0.717) is 16.6 Å². The Morgan fingerprint density at radius 2 is 1.25 bits per heavy atom. The van der Waals surface area contributed by atoms with E-state index in [9.17, 15) is 13.2 Å². The van der Waals surface area contributed by atoms with Gasteiger partial charge in [0.25, 0.3) is 0 Å². The van der Waals surface area contributed by atoms with Gasteiger partial charge in [0.05, 0.1) is 19.3 Å². The van der Waals surface area contributed by atoms with Gasteiger partial charge >= 0.3 is 6.18 Å². The monoisotopic (exact) mass is 495 g/mol. The van der Waals surface area contributed by atoms with Crippen LogP contribution >= 0.6 is 0 Å². The number of rotatable bonds is 2. The maximum absolute atomic E-state index is 14.0. The van der Waals surface area contributed by atoms with Gasteiger partial charge in [0.1, 0.15) is 0 Å². The van der Waals surface area contributed by atoms with E-state index in [1.54, 1.807) is 30.5 Å². The Kier molecular flexibility index (Phi) is 4.99. The molecular weight excluding hydrogens is 471 g/mol. The Labute approximate surface area is 208 Å². The van der Waals surface area contributed by atoms with Gasteiger partial charge in [-0.3, -0.25) is 4.98 Å². The summed E-state index contributed by atoms with van der Waals surface area (Å²) in [7, 11) is -1.43. The van der Waals surface area contributed by atoms with Gasteiger partial charge in [0.15, 0.2) is 0 Å². The van der Waals surface area contributed by atoms with E-state index in [1.807, 2.05) is 12.1 Å². The van der Waals surface area contributed by atoms with Crippen LogP contribution < -0.4 is 5.19 Å². The van der Waals surface area contributed by atoms with Crippen molar-refractivity contribution in [2.24, 2.45) is 0 Å². The molecule has 178 valence electrons. The smallest absolute Gasteiger partial charge is 0.256 e. The molecule has 0 unspecified atom stereocenters. The van der Waals surface area contributed by atoms with Gasteiger partial charge in [-0.1, -0.05) is 91.6 Å². The van der Waals surface area contributed by atoms with Gasteiger partial charge < -0.3 is 0 Å². The summed E-state index contributed by atoms with van der Waals surface area (Å²) in [6.07, 6.45) is -2.77. The highest BCUT2D eigenvalue weighted by atomic mass is 28.3. The first kappa shape index (κ1) is 22.7. The Hall–Kier alpha value is -3.70. The Morgan fingerprint density at radius 1 is 0.611 bits per heavy atom. The third kappa shape index (κ3) is 3.66. The topological polar surface area (TPSA) is 12.9 Å². The number of pyridine rings is 1. The zero-order valence-electron chi connectivity index (χ0n) is 20.2. The molecule has 0 spiro atoms. The van der Waals surface area contributed by atoms with E-state index in [0.717, 1.165) is 21.5 Å². The van der Waals surface area contributed by atoms with Crippen molar-refractivity contribution in [1.82, 2.24) is 4.98 Å². The summed E-state index contributed by atoms with van der Waals surface area (Å²) in [5.41, 5.74) is 0.380. The minimum Gasteiger partial charge on any atom is -0.256 e. The predicted octanol–water partition coefficient (Wildman–Crippen LogP) is 8.93. The number of hydrogen-bond donors (Lipinski definition) is 0. The molecule has 0 saturated heterocycles. The summed E-state index contributed by atoms with van der Waals surface area (Å²) in [5, 5.41) is 8.57. The van der Waals surface area contributed by atoms with Gasteiger partial charge in [-0.05, 0) is 55.9 Å².